The van der Waals surface area contributed by atoms with Crippen molar-refractivity contribution in [2.75, 3.05) is 7.11 Å². The lowest BCUT2D eigenvalue weighted by atomic mass is 9.65. The molecule has 2 aromatic heterocycles. The maximum Gasteiger partial charge on any atom is 0.303 e. The summed E-state index contributed by atoms with van der Waals surface area (Å²) < 4.78 is 38.6. The van der Waals surface area contributed by atoms with Crippen LogP contribution in [0.25, 0.3) is 11.3 Å². The predicted molar refractivity (Wildman–Crippen MR) is 139 cm³/mol. The number of carboxylic acids is 1. The van der Waals surface area contributed by atoms with E-state index in [1.54, 1.807) is 0 Å². The van der Waals surface area contributed by atoms with Gasteiger partial charge in [-0.15, -0.1) is 0 Å². The van der Waals surface area contributed by atoms with Gasteiger partial charge < -0.3 is 23.8 Å². The average molecular weight is 537 g/mol. The smallest absolute Gasteiger partial charge is 0.303 e. The Kier molecular flexibility index (Phi) is 6.08. The number of rotatable bonds is 4. The van der Waals surface area contributed by atoms with Gasteiger partial charge in [-0.3, -0.25) is 4.79 Å². The zero-order valence-electron chi connectivity index (χ0n) is 22.6. The Balaban J connectivity index is 1.45. The lowest BCUT2D eigenvalue weighted by Gasteiger charge is -2.39. The third kappa shape index (κ3) is 4.41. The minimum Gasteiger partial charge on any atom is -0.487 e. The zero-order chi connectivity index (χ0) is 27.5. The summed E-state index contributed by atoms with van der Waals surface area (Å²) in [7, 11) is 1.47. The highest BCUT2D eigenvalue weighted by molar-refractivity contribution is 5.68. The van der Waals surface area contributed by atoms with E-state index in [2.05, 4.69) is 30.9 Å². The van der Waals surface area contributed by atoms with Crippen LogP contribution in [0.2, 0.25) is 0 Å². The first-order chi connectivity index (χ1) is 18.6. The quantitative estimate of drug-likeness (QED) is 0.418. The van der Waals surface area contributed by atoms with Crippen molar-refractivity contribution < 1.29 is 33.0 Å². The van der Waals surface area contributed by atoms with Crippen LogP contribution in [0.1, 0.15) is 63.6 Å². The molecule has 2 saturated carbocycles. The molecule has 3 aromatic rings. The maximum absolute atomic E-state index is 14.9. The van der Waals surface area contributed by atoms with Gasteiger partial charge in [0.15, 0.2) is 17.3 Å². The molecule has 3 aliphatic rings. The third-order valence-electron chi connectivity index (χ3n) is 9.45. The Morgan fingerprint density at radius 2 is 2.05 bits per heavy atom. The molecular weight excluding hydrogens is 503 g/mol. The Morgan fingerprint density at radius 3 is 2.82 bits per heavy atom. The molecule has 206 valence electrons. The standard InChI is InChI=1S/C30H33FN2O6/c1-29(2)12-18-13-30(29,3)22-9-20(22)19(11-26(34)35)16-6-5-7-17(8-16)37-15-24-28(38-18)27(39-33-24)21-10-25(36-4)32-14-23(21)31/h5-8,10,14,18-20,22H,9,11-13,15H2,1-4H3,(H,34,35)/t18?,19-,20?,22?,30?/m1/s1. The number of hydrogen-bond acceptors (Lipinski definition) is 7. The molecule has 4 unspecified atom stereocenters. The number of fused-ring (bicyclic) bond motifs is 7. The fraction of sp³-hybridized carbons (Fsp3) is 0.500. The summed E-state index contributed by atoms with van der Waals surface area (Å²) in [4.78, 5) is 15.8. The molecule has 2 fully saturated rings. The van der Waals surface area contributed by atoms with Crippen molar-refractivity contribution >= 4 is 5.97 Å². The van der Waals surface area contributed by atoms with Crippen LogP contribution in [0, 0.1) is 28.5 Å². The first kappa shape index (κ1) is 25.6. The van der Waals surface area contributed by atoms with Crippen LogP contribution in [0.15, 0.2) is 41.1 Å². The monoisotopic (exact) mass is 536 g/mol. The Labute approximate surface area is 226 Å². The van der Waals surface area contributed by atoms with Crippen LogP contribution in [0.3, 0.4) is 0 Å². The van der Waals surface area contributed by atoms with Gasteiger partial charge in [0, 0.05) is 6.07 Å². The summed E-state index contributed by atoms with van der Waals surface area (Å²) in [6, 6.07) is 9.11. The van der Waals surface area contributed by atoms with Gasteiger partial charge in [-0.05, 0) is 65.5 Å². The van der Waals surface area contributed by atoms with Crippen molar-refractivity contribution in [3.05, 3.63) is 53.6 Å². The minimum absolute atomic E-state index is 0.0369. The molecule has 3 heterocycles. The van der Waals surface area contributed by atoms with E-state index in [4.69, 9.17) is 18.7 Å². The van der Waals surface area contributed by atoms with Gasteiger partial charge >= 0.3 is 5.97 Å². The van der Waals surface area contributed by atoms with Crippen LogP contribution < -0.4 is 14.2 Å². The number of pyridine rings is 1. The molecule has 4 bridgehead atoms. The number of aliphatic carboxylic acids is 1. The lowest BCUT2D eigenvalue weighted by molar-refractivity contribution is -0.137. The second-order valence-corrected chi connectivity index (χ2v) is 12.0. The number of aromatic nitrogens is 2. The molecule has 5 atom stereocenters. The Hall–Kier alpha value is -3.62. The summed E-state index contributed by atoms with van der Waals surface area (Å²) in [6.07, 6.45) is 3.56. The van der Waals surface area contributed by atoms with Gasteiger partial charge in [-0.1, -0.05) is 38.1 Å². The highest BCUT2D eigenvalue weighted by atomic mass is 19.1. The molecule has 0 radical (unpaired) electrons. The molecular formula is C30H33FN2O6. The molecule has 9 heteroatoms. The van der Waals surface area contributed by atoms with Crippen LogP contribution >= 0.6 is 0 Å². The number of hydrogen-bond donors (Lipinski definition) is 1. The molecule has 6 rings (SSSR count). The van der Waals surface area contributed by atoms with Gasteiger partial charge in [0.1, 0.15) is 18.5 Å². The number of halogens is 1. The van der Waals surface area contributed by atoms with Crippen LogP contribution in [-0.4, -0.2) is 34.4 Å². The minimum atomic E-state index is -0.796. The molecule has 0 saturated heterocycles. The second kappa shape index (κ2) is 9.24. The van der Waals surface area contributed by atoms with Crippen molar-refractivity contribution in [1.82, 2.24) is 10.1 Å². The van der Waals surface area contributed by atoms with Crippen molar-refractivity contribution in [2.24, 2.45) is 22.7 Å². The van der Waals surface area contributed by atoms with Crippen molar-refractivity contribution in [3.8, 4) is 28.7 Å². The molecule has 39 heavy (non-hydrogen) atoms. The van der Waals surface area contributed by atoms with Gasteiger partial charge in [-0.2, -0.15) is 0 Å². The van der Waals surface area contributed by atoms with E-state index in [0.717, 1.165) is 31.0 Å². The first-order valence-corrected chi connectivity index (χ1v) is 13.4. The number of ether oxygens (including phenoxy) is 3. The van der Waals surface area contributed by atoms with Crippen molar-refractivity contribution in [2.45, 2.75) is 65.1 Å². The second-order valence-electron chi connectivity index (χ2n) is 12.0. The number of benzene rings is 1. The molecule has 8 nitrogen and oxygen atoms in total. The largest absolute Gasteiger partial charge is 0.487 e. The SMILES string of the molecule is COc1cc(-c2onc3c2OC2CC(C)(C)C(C)(C2)C2CC2[C@H](CC(=O)O)c2cccc(c2)OC3)c(F)cn1. The summed E-state index contributed by atoms with van der Waals surface area (Å²) in [6.45, 7) is 6.88. The fourth-order valence-electron chi connectivity index (χ4n) is 7.01. The molecule has 0 spiro atoms. The van der Waals surface area contributed by atoms with E-state index in [1.165, 1.54) is 13.2 Å². The molecule has 1 aliphatic heterocycles. The van der Waals surface area contributed by atoms with Gasteiger partial charge in [0.25, 0.3) is 0 Å². The topological polar surface area (TPSA) is 104 Å². The lowest BCUT2D eigenvalue weighted by Crippen LogP contribution is -2.33. The summed E-state index contributed by atoms with van der Waals surface area (Å²) >= 11 is 0. The highest BCUT2D eigenvalue weighted by Gasteiger charge is 2.62. The molecule has 2 aliphatic carbocycles. The van der Waals surface area contributed by atoms with Crippen molar-refractivity contribution in [3.63, 3.8) is 0 Å². The van der Waals surface area contributed by atoms with Gasteiger partial charge in [0.05, 0.1) is 25.3 Å². The van der Waals surface area contributed by atoms with E-state index >= 15 is 0 Å². The number of carboxylic acid groups (broad SMARTS) is 1. The molecule has 1 aromatic carbocycles. The van der Waals surface area contributed by atoms with Crippen LogP contribution in [-0.2, 0) is 11.4 Å². The average Bonchev–Trinajstić information content (AvgIpc) is 3.54. The Bertz CT molecular complexity index is 1420. The molecule has 0 amide bonds. The molecule has 1 N–H and O–H groups in total. The van der Waals surface area contributed by atoms with E-state index in [-0.39, 0.29) is 59.0 Å². The number of methoxy groups -OCH3 is 1. The third-order valence-corrected chi connectivity index (χ3v) is 9.45. The van der Waals surface area contributed by atoms with Crippen molar-refractivity contribution in [1.29, 1.82) is 0 Å². The summed E-state index contributed by atoms with van der Waals surface area (Å²) in [5.41, 5.74) is 1.41. The van der Waals surface area contributed by atoms with E-state index in [0.29, 0.717) is 23.1 Å². The van der Waals surface area contributed by atoms with Gasteiger partial charge in [0.2, 0.25) is 11.6 Å². The maximum atomic E-state index is 14.9. The first-order valence-electron chi connectivity index (χ1n) is 13.4. The predicted octanol–water partition coefficient (Wildman–Crippen LogP) is 6.25. The summed E-state index contributed by atoms with van der Waals surface area (Å²) in [5, 5.41) is 14.0. The zero-order valence-corrected chi connectivity index (χ0v) is 22.6. The van der Waals surface area contributed by atoms with E-state index < -0.39 is 11.8 Å². The van der Waals surface area contributed by atoms with Gasteiger partial charge in [-0.25, -0.2) is 9.37 Å². The summed E-state index contributed by atoms with van der Waals surface area (Å²) in [5.74, 6) is 0.536. The highest BCUT2D eigenvalue weighted by Crippen LogP contribution is 2.68. The normalized spacial score (nSPS) is 28.7. The van der Waals surface area contributed by atoms with Crippen LogP contribution in [0.5, 0.6) is 17.4 Å². The number of nitrogens with zero attached hydrogens (tertiary/aromatic N) is 2. The Morgan fingerprint density at radius 1 is 1.23 bits per heavy atom. The fourth-order valence-corrected chi connectivity index (χ4v) is 7.01. The van der Waals surface area contributed by atoms with E-state index in [9.17, 15) is 14.3 Å². The number of carbonyl (C=O) groups is 1. The van der Waals surface area contributed by atoms with Crippen LogP contribution in [0.4, 0.5) is 4.39 Å². The van der Waals surface area contributed by atoms with E-state index in [1.807, 2.05) is 24.3 Å².